The van der Waals surface area contributed by atoms with E-state index in [1.807, 2.05) is 31.2 Å². The molecule has 0 amide bonds. The number of carbonyl (C=O) groups is 1. The summed E-state index contributed by atoms with van der Waals surface area (Å²) in [5.74, 6) is 0.0311. The molecule has 0 N–H and O–H groups in total. The van der Waals surface area contributed by atoms with Crippen molar-refractivity contribution in [3.8, 4) is 5.75 Å². The Morgan fingerprint density at radius 1 is 1.12 bits per heavy atom. The molecule has 0 bridgehead atoms. The van der Waals surface area contributed by atoms with Gasteiger partial charge in [0.05, 0.1) is 27.7 Å². The van der Waals surface area contributed by atoms with E-state index in [0.29, 0.717) is 33.5 Å². The number of morpholine rings is 1. The molecule has 3 rings (SSSR count). The summed E-state index contributed by atoms with van der Waals surface area (Å²) in [4.78, 5) is 15.3. The summed E-state index contributed by atoms with van der Waals surface area (Å²) in [5, 5.41) is 0. The molecule has 1 aliphatic rings. The fraction of sp³-hybridized carbons (Fsp3) is 0.263. The molecule has 0 saturated carbocycles. The number of nitrogens with zero attached hydrogens (tertiary/aromatic N) is 1. The third-order valence-electron chi connectivity index (χ3n) is 3.99. The number of thiocarbonyl (C=S) groups is 1. The quantitative estimate of drug-likeness (QED) is 0.347. The SMILES string of the molecule is Cc1cccc(C(=O)Oc2c(Br)cc(C(=S)N3CCOCC3)cc2Br)c1. The van der Waals surface area contributed by atoms with Crippen LogP contribution in [0, 0.1) is 6.92 Å². The molecule has 1 fully saturated rings. The van der Waals surface area contributed by atoms with Crippen molar-refractivity contribution in [2.45, 2.75) is 6.92 Å². The summed E-state index contributed by atoms with van der Waals surface area (Å²) in [6.45, 7) is 4.84. The average Bonchev–Trinajstić information content (AvgIpc) is 2.64. The van der Waals surface area contributed by atoms with Crippen molar-refractivity contribution < 1.29 is 14.3 Å². The van der Waals surface area contributed by atoms with E-state index in [1.54, 1.807) is 12.1 Å². The normalized spacial score (nSPS) is 14.2. The van der Waals surface area contributed by atoms with E-state index in [2.05, 4.69) is 36.8 Å². The van der Waals surface area contributed by atoms with Gasteiger partial charge in [0.25, 0.3) is 0 Å². The lowest BCUT2D eigenvalue weighted by Crippen LogP contribution is -2.40. The van der Waals surface area contributed by atoms with Gasteiger partial charge in [0, 0.05) is 18.7 Å². The Morgan fingerprint density at radius 3 is 2.38 bits per heavy atom. The Bertz CT molecular complexity index is 827. The van der Waals surface area contributed by atoms with Gasteiger partial charge in [-0.2, -0.15) is 0 Å². The predicted octanol–water partition coefficient (Wildman–Crippen LogP) is 4.75. The van der Waals surface area contributed by atoms with Gasteiger partial charge < -0.3 is 14.4 Å². The van der Waals surface area contributed by atoms with Crippen LogP contribution in [0.25, 0.3) is 0 Å². The summed E-state index contributed by atoms with van der Waals surface area (Å²) in [6.07, 6.45) is 0. The highest BCUT2D eigenvalue weighted by Crippen LogP contribution is 2.36. The van der Waals surface area contributed by atoms with Gasteiger partial charge in [0.15, 0.2) is 5.75 Å². The van der Waals surface area contributed by atoms with Crippen LogP contribution in [0.3, 0.4) is 0 Å². The monoisotopic (exact) mass is 497 g/mol. The Balaban J connectivity index is 1.81. The number of hydrogen-bond acceptors (Lipinski definition) is 4. The van der Waals surface area contributed by atoms with E-state index < -0.39 is 5.97 Å². The van der Waals surface area contributed by atoms with Gasteiger partial charge in [-0.15, -0.1) is 0 Å². The summed E-state index contributed by atoms with van der Waals surface area (Å²) >= 11 is 12.6. The molecular weight excluding hydrogens is 482 g/mol. The van der Waals surface area contributed by atoms with Gasteiger partial charge in [-0.25, -0.2) is 4.79 Å². The summed E-state index contributed by atoms with van der Waals surface area (Å²) < 4.78 is 12.3. The van der Waals surface area contributed by atoms with E-state index in [1.165, 1.54) is 0 Å². The Morgan fingerprint density at radius 2 is 1.77 bits per heavy atom. The molecule has 1 aliphatic heterocycles. The number of halogens is 2. The second-order valence-corrected chi connectivity index (χ2v) is 8.03. The van der Waals surface area contributed by atoms with E-state index >= 15 is 0 Å². The molecule has 136 valence electrons. The van der Waals surface area contributed by atoms with Crippen molar-refractivity contribution in [2.75, 3.05) is 26.3 Å². The Kier molecular flexibility index (Phi) is 6.45. The first kappa shape index (κ1) is 19.5. The van der Waals surface area contributed by atoms with Gasteiger partial charge in [0.1, 0.15) is 4.99 Å². The van der Waals surface area contributed by atoms with Gasteiger partial charge >= 0.3 is 5.97 Å². The van der Waals surface area contributed by atoms with Crippen LogP contribution >= 0.6 is 44.1 Å². The van der Waals surface area contributed by atoms with Crippen molar-refractivity contribution in [3.05, 3.63) is 62.0 Å². The third kappa shape index (κ3) is 4.52. The minimum atomic E-state index is -0.404. The molecule has 0 atom stereocenters. The predicted molar refractivity (Wildman–Crippen MR) is 112 cm³/mol. The zero-order valence-corrected chi connectivity index (χ0v) is 18.1. The number of hydrogen-bond donors (Lipinski definition) is 0. The van der Waals surface area contributed by atoms with Crippen LogP contribution in [0.4, 0.5) is 0 Å². The molecule has 0 unspecified atom stereocenters. The molecule has 2 aromatic carbocycles. The molecule has 0 aliphatic carbocycles. The fourth-order valence-corrected chi connectivity index (χ4v) is 4.30. The zero-order valence-electron chi connectivity index (χ0n) is 14.1. The molecule has 2 aromatic rings. The highest BCUT2D eigenvalue weighted by Gasteiger charge is 2.20. The van der Waals surface area contributed by atoms with E-state index in [0.717, 1.165) is 29.2 Å². The van der Waals surface area contributed by atoms with Crippen LogP contribution in [0.1, 0.15) is 21.5 Å². The van der Waals surface area contributed by atoms with Gasteiger partial charge in [0.2, 0.25) is 0 Å². The number of ether oxygens (including phenoxy) is 2. The molecule has 0 aromatic heterocycles. The lowest BCUT2D eigenvalue weighted by atomic mass is 10.1. The van der Waals surface area contributed by atoms with E-state index in [-0.39, 0.29) is 0 Å². The second-order valence-electron chi connectivity index (χ2n) is 5.93. The zero-order chi connectivity index (χ0) is 18.7. The van der Waals surface area contributed by atoms with Gasteiger partial charge in [-0.1, -0.05) is 29.9 Å². The molecule has 26 heavy (non-hydrogen) atoms. The van der Waals surface area contributed by atoms with Crippen molar-refractivity contribution >= 4 is 55.0 Å². The van der Waals surface area contributed by atoms with Crippen molar-refractivity contribution in [1.29, 1.82) is 0 Å². The van der Waals surface area contributed by atoms with Crippen LogP contribution < -0.4 is 4.74 Å². The molecule has 7 heteroatoms. The summed E-state index contributed by atoms with van der Waals surface area (Å²) in [7, 11) is 0. The van der Waals surface area contributed by atoms with Crippen molar-refractivity contribution in [1.82, 2.24) is 4.90 Å². The molecule has 1 saturated heterocycles. The average molecular weight is 499 g/mol. The highest BCUT2D eigenvalue weighted by molar-refractivity contribution is 9.11. The first-order valence-corrected chi connectivity index (χ1v) is 10.1. The van der Waals surface area contributed by atoms with Crippen molar-refractivity contribution in [3.63, 3.8) is 0 Å². The van der Waals surface area contributed by atoms with Crippen LogP contribution in [0.5, 0.6) is 5.75 Å². The Labute approximate surface area is 174 Å². The van der Waals surface area contributed by atoms with Crippen molar-refractivity contribution in [2.24, 2.45) is 0 Å². The maximum Gasteiger partial charge on any atom is 0.343 e. The van der Waals surface area contributed by atoms with E-state index in [9.17, 15) is 4.79 Å². The maximum atomic E-state index is 12.4. The number of carbonyl (C=O) groups excluding carboxylic acids is 1. The van der Waals surface area contributed by atoms with Crippen LogP contribution in [0.15, 0.2) is 45.3 Å². The molecule has 4 nitrogen and oxygen atoms in total. The topological polar surface area (TPSA) is 38.8 Å². The first-order chi connectivity index (χ1) is 12.5. The van der Waals surface area contributed by atoms with Crippen LogP contribution in [-0.2, 0) is 4.74 Å². The lowest BCUT2D eigenvalue weighted by Gasteiger charge is -2.29. The highest BCUT2D eigenvalue weighted by atomic mass is 79.9. The smallest absolute Gasteiger partial charge is 0.343 e. The summed E-state index contributed by atoms with van der Waals surface area (Å²) in [6, 6.07) is 11.1. The molecule has 1 heterocycles. The second kappa shape index (κ2) is 8.61. The van der Waals surface area contributed by atoms with Gasteiger partial charge in [-0.3, -0.25) is 0 Å². The summed E-state index contributed by atoms with van der Waals surface area (Å²) in [5.41, 5.74) is 2.40. The Hall–Kier alpha value is -1.28. The third-order valence-corrected chi connectivity index (χ3v) is 5.66. The number of aryl methyl sites for hydroxylation is 1. The molecule has 0 spiro atoms. The lowest BCUT2D eigenvalue weighted by molar-refractivity contribution is 0.0692. The number of benzene rings is 2. The molecule has 0 radical (unpaired) electrons. The minimum Gasteiger partial charge on any atom is -0.421 e. The molecular formula is C19H17Br2NO3S. The van der Waals surface area contributed by atoms with E-state index in [4.69, 9.17) is 21.7 Å². The maximum absolute atomic E-state index is 12.4. The van der Waals surface area contributed by atoms with Gasteiger partial charge in [-0.05, 0) is 63.0 Å². The number of rotatable bonds is 3. The fourth-order valence-electron chi connectivity index (χ4n) is 2.65. The first-order valence-electron chi connectivity index (χ1n) is 8.10. The standard InChI is InChI=1S/C19H17Br2NO3S/c1-12-3-2-4-13(9-12)19(23)25-17-15(20)10-14(11-16(17)21)18(26)22-5-7-24-8-6-22/h2-4,9-11H,5-8H2,1H3. The van der Waals surface area contributed by atoms with Crippen LogP contribution in [0.2, 0.25) is 0 Å². The largest absolute Gasteiger partial charge is 0.421 e. The minimum absolute atomic E-state index is 0.404. The van der Waals surface area contributed by atoms with Crippen LogP contribution in [-0.4, -0.2) is 42.2 Å². The number of esters is 1.